The highest BCUT2D eigenvalue weighted by molar-refractivity contribution is 6.68. The number of amides is 2. The minimum Gasteiger partial charge on any atom is -0.462 e. The monoisotopic (exact) mass is 1370 g/mol. The Balaban J connectivity index is 2.08. The molecular formula is C60H90Cl6N2O20. The molecule has 2 fully saturated rings. The quantitative estimate of drug-likeness (QED) is 0.0180. The number of rotatable bonds is 42. The number of carbonyl (C=O) groups is 6. The average Bonchev–Trinajstić information content (AvgIpc) is 1.25. The van der Waals surface area contributed by atoms with Crippen LogP contribution in [0.5, 0.6) is 0 Å². The third-order valence-electron chi connectivity index (χ3n) is 13.9. The first-order valence-corrected chi connectivity index (χ1v) is 32.4. The van der Waals surface area contributed by atoms with E-state index in [1.165, 1.54) is 50.7 Å². The molecule has 0 aromatic heterocycles. The van der Waals surface area contributed by atoms with Crippen LogP contribution >= 0.6 is 69.6 Å². The molecule has 0 radical (unpaired) electrons. The summed E-state index contributed by atoms with van der Waals surface area (Å²) < 4.78 is 70.5. The molecule has 28 heteroatoms. The van der Waals surface area contributed by atoms with E-state index in [0.717, 1.165) is 76.9 Å². The smallest absolute Gasteiger partial charge is 0.462 e. The first kappa shape index (κ1) is 78.5. The molecular weight excluding hydrogens is 1280 g/mol. The number of methoxy groups -OCH3 is 1. The molecule has 0 saturated carbocycles. The Morgan fingerprint density at radius 2 is 1.09 bits per heavy atom. The molecule has 0 bridgehead atoms. The second-order valence-corrected chi connectivity index (χ2v) is 26.2. The number of alkyl carbamates (subject to hydrolysis) is 2. The lowest BCUT2D eigenvalue weighted by atomic mass is 9.95. The van der Waals surface area contributed by atoms with Crippen LogP contribution in [0.25, 0.3) is 0 Å². The Morgan fingerprint density at radius 3 is 1.60 bits per heavy atom. The van der Waals surface area contributed by atoms with E-state index in [-0.39, 0.29) is 32.8 Å². The molecule has 2 saturated heterocycles. The third kappa shape index (κ3) is 33.5. The zero-order valence-electron chi connectivity index (χ0n) is 50.6. The van der Waals surface area contributed by atoms with E-state index in [1.54, 1.807) is 24.3 Å². The Labute approximate surface area is 547 Å². The van der Waals surface area contributed by atoms with Gasteiger partial charge >= 0.3 is 36.4 Å². The van der Waals surface area contributed by atoms with Crippen molar-refractivity contribution in [2.75, 3.05) is 46.8 Å². The highest BCUT2D eigenvalue weighted by atomic mass is 35.6. The van der Waals surface area contributed by atoms with Crippen molar-refractivity contribution >= 4 is 106 Å². The minimum absolute atomic E-state index is 0.0263. The predicted octanol–water partition coefficient (Wildman–Crippen LogP) is 13.1. The predicted molar refractivity (Wildman–Crippen MR) is 330 cm³/mol. The Morgan fingerprint density at radius 1 is 0.602 bits per heavy atom. The van der Waals surface area contributed by atoms with Crippen LogP contribution in [0.2, 0.25) is 0 Å². The fourth-order valence-corrected chi connectivity index (χ4v) is 9.84. The van der Waals surface area contributed by atoms with Gasteiger partial charge in [-0.25, -0.2) is 19.2 Å². The summed E-state index contributed by atoms with van der Waals surface area (Å²) >= 11 is 35.3. The van der Waals surface area contributed by atoms with Crippen molar-refractivity contribution in [2.24, 2.45) is 0 Å². The van der Waals surface area contributed by atoms with Gasteiger partial charge in [-0.3, -0.25) is 9.59 Å². The van der Waals surface area contributed by atoms with Gasteiger partial charge in [0.25, 0.3) is 0 Å². The number of carbonyl (C=O) groups excluding carboxylic acids is 6. The van der Waals surface area contributed by atoms with Crippen molar-refractivity contribution in [1.29, 1.82) is 0 Å². The minimum atomic E-state index is -2.10. The molecule has 88 heavy (non-hydrogen) atoms. The molecule has 3 rings (SSSR count). The van der Waals surface area contributed by atoms with Crippen LogP contribution < -0.4 is 10.6 Å². The molecule has 1 aromatic carbocycles. The SMILES string of the molecule is C=CCOC(=O)O[C@@H]1[C@@H](NC(=O)OCC(Cl)(Cl)Cl)[C@@H](OC)O[C@H](CO[C@@H]2O[C@H](COCc3ccccc3)[C@@H](O)[C@H](OC(=O)C[C@@H](CCCCCCCCCCC)OC(=O)CCCCCCCCCCC)[C@H]2NC(=O)OCC(Cl)(Cl)Cl)[C@H]1OC(=O)OCC=C. The van der Waals surface area contributed by atoms with Crippen LogP contribution in [-0.4, -0.2) is 163 Å². The van der Waals surface area contributed by atoms with Crippen molar-refractivity contribution < 1.29 is 95.5 Å². The van der Waals surface area contributed by atoms with Crippen molar-refractivity contribution in [3.63, 3.8) is 0 Å². The second-order valence-electron chi connectivity index (χ2n) is 21.2. The van der Waals surface area contributed by atoms with E-state index in [4.69, 9.17) is 131 Å². The number of alkyl halides is 6. The van der Waals surface area contributed by atoms with Gasteiger partial charge in [0.2, 0.25) is 7.59 Å². The van der Waals surface area contributed by atoms with Gasteiger partial charge in [0.15, 0.2) is 30.9 Å². The van der Waals surface area contributed by atoms with Gasteiger partial charge in [-0.15, -0.1) is 0 Å². The number of aliphatic hydroxyl groups excluding tert-OH is 1. The number of aliphatic hydroxyl groups is 1. The lowest BCUT2D eigenvalue weighted by molar-refractivity contribution is -0.303. The van der Waals surface area contributed by atoms with E-state index in [9.17, 15) is 33.9 Å². The maximum Gasteiger partial charge on any atom is 0.509 e. The first-order valence-electron chi connectivity index (χ1n) is 30.1. The van der Waals surface area contributed by atoms with Crippen molar-refractivity contribution in [1.82, 2.24) is 10.6 Å². The van der Waals surface area contributed by atoms with Gasteiger partial charge in [-0.1, -0.05) is 242 Å². The fourth-order valence-electron chi connectivity index (χ4n) is 9.51. The summed E-state index contributed by atoms with van der Waals surface area (Å²) in [6.45, 7) is 8.03. The number of nitrogens with one attached hydrogen (secondary N) is 2. The normalized spacial score (nSPS) is 22.2. The molecule has 0 spiro atoms. The van der Waals surface area contributed by atoms with Gasteiger partial charge in [0, 0.05) is 13.5 Å². The summed E-state index contributed by atoms with van der Waals surface area (Å²) in [5, 5.41) is 17.2. The zero-order valence-corrected chi connectivity index (χ0v) is 55.1. The van der Waals surface area contributed by atoms with Crippen LogP contribution in [0.3, 0.4) is 0 Å². The number of hydrogen-bond donors (Lipinski definition) is 3. The van der Waals surface area contributed by atoms with Crippen LogP contribution in [0.15, 0.2) is 55.6 Å². The van der Waals surface area contributed by atoms with Gasteiger partial charge in [0.1, 0.15) is 62.9 Å². The highest BCUT2D eigenvalue weighted by Gasteiger charge is 2.54. The van der Waals surface area contributed by atoms with E-state index in [0.29, 0.717) is 19.3 Å². The first-order chi connectivity index (χ1) is 42.1. The standard InChI is InChI=1S/C60H90Cl6N2O20/c1-6-10-12-14-16-18-20-22-27-31-42(83-45(69)32-28-23-21-19-17-15-13-11-7-2)35-46(70)86-51-47(67-55(72)81-39-59(61,62)63)54(84-43(49(51)71)37-77-36-41-29-25-24-26-30-41)80-38-44-50(87-57(74)78-33-8-3)52(88-58(75)79-34-9-4)48(53(76-5)85-44)68-56(73)82-40-60(64,65)66/h8-9,24-26,29-30,42-44,47-54,71H,3-4,6-7,10-23,27-28,31-40H2,1-2,5H3,(H,67,72)(H,68,73)/t42-,43-,44-,47-,48-,49-,50-,51-,52-,53+,54-/m1/s1. The van der Waals surface area contributed by atoms with E-state index in [2.05, 4.69) is 37.6 Å². The van der Waals surface area contributed by atoms with Crippen LogP contribution in [0, 0.1) is 0 Å². The van der Waals surface area contributed by atoms with Crippen LogP contribution in [0.4, 0.5) is 19.2 Å². The number of hydrogen-bond acceptors (Lipinski definition) is 20. The number of unbranched alkanes of at least 4 members (excludes halogenated alkanes) is 16. The molecule has 0 unspecified atom stereocenters. The number of benzene rings is 1. The molecule has 2 heterocycles. The molecule has 22 nitrogen and oxygen atoms in total. The van der Waals surface area contributed by atoms with Gasteiger partial charge in [-0.2, -0.15) is 0 Å². The summed E-state index contributed by atoms with van der Waals surface area (Å²) in [6.07, 6.45) is 1.32. The lowest BCUT2D eigenvalue weighted by Gasteiger charge is -2.46. The molecule has 0 aliphatic carbocycles. The van der Waals surface area contributed by atoms with Gasteiger partial charge < -0.3 is 77.3 Å². The van der Waals surface area contributed by atoms with Gasteiger partial charge in [0.05, 0.1) is 26.2 Å². The summed E-state index contributed by atoms with van der Waals surface area (Å²) in [7, 11) is 1.16. The van der Waals surface area contributed by atoms with Crippen LogP contribution in [-0.2, 0) is 77.8 Å². The Bertz CT molecular complexity index is 2180. The van der Waals surface area contributed by atoms with Crippen molar-refractivity contribution in [2.45, 2.75) is 230 Å². The Hall–Kier alpha value is -3.78. The highest BCUT2D eigenvalue weighted by Crippen LogP contribution is 2.33. The molecule has 502 valence electrons. The molecule has 3 N–H and O–H groups in total. The maximum atomic E-state index is 14.5. The Kier molecular flexibility index (Phi) is 39.8. The van der Waals surface area contributed by atoms with Crippen molar-refractivity contribution in [3.05, 3.63) is 61.2 Å². The average molecular weight is 1370 g/mol. The molecule has 2 aliphatic heterocycles. The van der Waals surface area contributed by atoms with Crippen molar-refractivity contribution in [3.8, 4) is 0 Å². The maximum absolute atomic E-state index is 14.5. The van der Waals surface area contributed by atoms with E-state index >= 15 is 0 Å². The van der Waals surface area contributed by atoms with E-state index < -0.39 is 138 Å². The van der Waals surface area contributed by atoms with E-state index in [1.807, 2.05) is 6.07 Å². The van der Waals surface area contributed by atoms with Crippen LogP contribution in [0.1, 0.15) is 154 Å². The lowest BCUT2D eigenvalue weighted by Crippen LogP contribution is -2.68. The molecule has 2 amide bonds. The number of ether oxygens (including phenoxy) is 13. The number of esters is 2. The molecule has 1 aromatic rings. The zero-order chi connectivity index (χ0) is 64.7. The van der Waals surface area contributed by atoms with Gasteiger partial charge in [-0.05, 0) is 24.8 Å². The summed E-state index contributed by atoms with van der Waals surface area (Å²) in [5.74, 6) is -1.41. The molecule has 11 atom stereocenters. The summed E-state index contributed by atoms with van der Waals surface area (Å²) in [5.41, 5.74) is 0.751. The number of halogens is 6. The topological polar surface area (TPSA) is 267 Å². The third-order valence-corrected chi connectivity index (χ3v) is 14.5. The second kappa shape index (κ2) is 44.7. The molecule has 2 aliphatic rings. The summed E-state index contributed by atoms with van der Waals surface area (Å²) in [6, 6.07) is 5.68. The summed E-state index contributed by atoms with van der Waals surface area (Å²) in [4.78, 5) is 81.5. The fraction of sp³-hybridized carbons (Fsp3) is 0.733. The largest absolute Gasteiger partial charge is 0.509 e.